The summed E-state index contributed by atoms with van der Waals surface area (Å²) in [4.78, 5) is 11.0. The molecule has 0 aliphatic rings. The van der Waals surface area contributed by atoms with Gasteiger partial charge in [-0.3, -0.25) is 4.79 Å². The second kappa shape index (κ2) is 7.45. The zero-order valence-electron chi connectivity index (χ0n) is 12.0. The normalized spacial score (nSPS) is 10.3. The number of rotatable bonds is 7. The van der Waals surface area contributed by atoms with Crippen LogP contribution >= 0.6 is 0 Å². The minimum Gasteiger partial charge on any atom is -0.491 e. The molecule has 4 heteroatoms. The SMILES string of the molecule is COCCOc1ccc(Cc2ccc(C(N)=O)cc2)cc1. The number of methoxy groups -OCH3 is 1. The van der Waals surface area contributed by atoms with Crippen LogP contribution in [0.4, 0.5) is 0 Å². The van der Waals surface area contributed by atoms with E-state index >= 15 is 0 Å². The lowest BCUT2D eigenvalue weighted by molar-refractivity contribution is 0.100. The summed E-state index contributed by atoms with van der Waals surface area (Å²) >= 11 is 0. The van der Waals surface area contributed by atoms with E-state index in [2.05, 4.69) is 0 Å². The molecule has 2 aromatic carbocycles. The number of carbonyl (C=O) groups excluding carboxylic acids is 1. The highest BCUT2D eigenvalue weighted by Gasteiger charge is 2.01. The summed E-state index contributed by atoms with van der Waals surface area (Å²) in [7, 11) is 1.65. The maximum Gasteiger partial charge on any atom is 0.248 e. The molecule has 0 aliphatic carbocycles. The van der Waals surface area contributed by atoms with E-state index in [0.717, 1.165) is 17.7 Å². The molecule has 0 spiro atoms. The highest BCUT2D eigenvalue weighted by atomic mass is 16.5. The fourth-order valence-corrected chi connectivity index (χ4v) is 1.97. The first-order valence-corrected chi connectivity index (χ1v) is 6.78. The van der Waals surface area contributed by atoms with Crippen LogP contribution < -0.4 is 10.5 Å². The molecule has 0 radical (unpaired) electrons. The Morgan fingerprint density at radius 1 is 0.952 bits per heavy atom. The molecule has 21 heavy (non-hydrogen) atoms. The predicted molar refractivity (Wildman–Crippen MR) is 81.6 cm³/mol. The quantitative estimate of drug-likeness (QED) is 0.795. The molecule has 0 bridgehead atoms. The molecule has 1 amide bonds. The summed E-state index contributed by atoms with van der Waals surface area (Å²) in [5, 5.41) is 0. The molecule has 0 unspecified atom stereocenters. The summed E-state index contributed by atoms with van der Waals surface area (Å²) in [5.74, 6) is 0.430. The Labute approximate surface area is 124 Å². The summed E-state index contributed by atoms with van der Waals surface area (Å²) in [6.07, 6.45) is 0.803. The van der Waals surface area contributed by atoms with Gasteiger partial charge in [0.1, 0.15) is 12.4 Å². The zero-order valence-corrected chi connectivity index (χ0v) is 12.0. The minimum absolute atomic E-state index is 0.404. The van der Waals surface area contributed by atoms with Crippen LogP contribution in [0.5, 0.6) is 5.75 Å². The molecule has 0 saturated heterocycles. The molecule has 2 rings (SSSR count). The van der Waals surface area contributed by atoms with Gasteiger partial charge < -0.3 is 15.2 Å². The van der Waals surface area contributed by atoms with Crippen LogP contribution in [0, 0.1) is 0 Å². The maximum atomic E-state index is 11.0. The van der Waals surface area contributed by atoms with Crippen molar-refractivity contribution >= 4 is 5.91 Å². The van der Waals surface area contributed by atoms with Gasteiger partial charge in [0, 0.05) is 12.7 Å². The maximum absolute atomic E-state index is 11.0. The van der Waals surface area contributed by atoms with Crippen molar-refractivity contribution < 1.29 is 14.3 Å². The lowest BCUT2D eigenvalue weighted by Crippen LogP contribution is -2.10. The summed E-state index contributed by atoms with van der Waals surface area (Å²) < 4.78 is 10.5. The van der Waals surface area contributed by atoms with Crippen LogP contribution in [0.15, 0.2) is 48.5 Å². The number of benzene rings is 2. The van der Waals surface area contributed by atoms with E-state index in [0.29, 0.717) is 18.8 Å². The Kier molecular flexibility index (Phi) is 5.35. The minimum atomic E-state index is -0.404. The monoisotopic (exact) mass is 285 g/mol. The smallest absolute Gasteiger partial charge is 0.248 e. The molecule has 0 saturated carbocycles. The molecular weight excluding hydrogens is 266 g/mol. The summed E-state index contributed by atoms with van der Waals surface area (Å²) in [6, 6.07) is 15.3. The molecule has 0 fully saturated rings. The second-order valence-electron chi connectivity index (χ2n) is 4.72. The number of hydrogen-bond acceptors (Lipinski definition) is 3. The Morgan fingerprint density at radius 3 is 2.05 bits per heavy atom. The lowest BCUT2D eigenvalue weighted by Gasteiger charge is -2.07. The van der Waals surface area contributed by atoms with Gasteiger partial charge in [-0.05, 0) is 41.8 Å². The van der Waals surface area contributed by atoms with Crippen molar-refractivity contribution in [3.05, 3.63) is 65.2 Å². The van der Waals surface area contributed by atoms with Crippen molar-refractivity contribution in [3.63, 3.8) is 0 Å². The zero-order chi connectivity index (χ0) is 15.1. The fraction of sp³-hybridized carbons (Fsp3) is 0.235. The van der Waals surface area contributed by atoms with Gasteiger partial charge in [-0.15, -0.1) is 0 Å². The van der Waals surface area contributed by atoms with Crippen molar-refractivity contribution in [1.82, 2.24) is 0 Å². The van der Waals surface area contributed by atoms with Gasteiger partial charge in [-0.1, -0.05) is 24.3 Å². The summed E-state index contributed by atoms with van der Waals surface area (Å²) in [6.45, 7) is 1.12. The van der Waals surface area contributed by atoms with Gasteiger partial charge in [-0.25, -0.2) is 0 Å². The van der Waals surface area contributed by atoms with Crippen molar-refractivity contribution in [2.24, 2.45) is 5.73 Å². The predicted octanol–water partition coefficient (Wildman–Crippen LogP) is 2.40. The van der Waals surface area contributed by atoms with Gasteiger partial charge in [0.2, 0.25) is 5.91 Å². The van der Waals surface area contributed by atoms with Crippen LogP contribution in [-0.4, -0.2) is 26.2 Å². The fourth-order valence-electron chi connectivity index (χ4n) is 1.97. The first kappa shape index (κ1) is 15.1. The standard InChI is InChI=1S/C17H19NO3/c1-20-10-11-21-16-8-4-14(5-9-16)12-13-2-6-15(7-3-13)17(18)19/h2-9H,10-12H2,1H3,(H2,18,19). The average molecular weight is 285 g/mol. The molecule has 4 nitrogen and oxygen atoms in total. The Hall–Kier alpha value is -2.33. The number of hydrogen-bond donors (Lipinski definition) is 1. The topological polar surface area (TPSA) is 61.6 Å². The number of primary amides is 1. The van der Waals surface area contributed by atoms with Crippen molar-refractivity contribution in [2.75, 3.05) is 20.3 Å². The van der Waals surface area contributed by atoms with Gasteiger partial charge in [0.05, 0.1) is 6.61 Å². The van der Waals surface area contributed by atoms with Crippen LogP contribution in [0.1, 0.15) is 21.5 Å². The van der Waals surface area contributed by atoms with Gasteiger partial charge in [-0.2, -0.15) is 0 Å². The largest absolute Gasteiger partial charge is 0.491 e. The van der Waals surface area contributed by atoms with E-state index in [1.807, 2.05) is 36.4 Å². The van der Waals surface area contributed by atoms with Crippen molar-refractivity contribution in [2.45, 2.75) is 6.42 Å². The van der Waals surface area contributed by atoms with E-state index in [1.165, 1.54) is 5.56 Å². The molecule has 0 heterocycles. The Morgan fingerprint density at radius 2 is 1.52 bits per heavy atom. The van der Waals surface area contributed by atoms with Gasteiger partial charge in [0.25, 0.3) is 0 Å². The van der Waals surface area contributed by atoms with Gasteiger partial charge >= 0.3 is 0 Å². The highest BCUT2D eigenvalue weighted by molar-refractivity contribution is 5.92. The van der Waals surface area contributed by atoms with Crippen molar-refractivity contribution in [3.8, 4) is 5.75 Å². The number of amides is 1. The third kappa shape index (κ3) is 4.61. The molecule has 110 valence electrons. The summed E-state index contributed by atoms with van der Waals surface area (Å²) in [5.41, 5.74) is 8.06. The second-order valence-corrected chi connectivity index (χ2v) is 4.72. The number of nitrogens with two attached hydrogens (primary N) is 1. The number of carbonyl (C=O) groups is 1. The molecule has 2 N–H and O–H groups in total. The highest BCUT2D eigenvalue weighted by Crippen LogP contribution is 2.15. The lowest BCUT2D eigenvalue weighted by atomic mass is 10.0. The van der Waals surface area contributed by atoms with E-state index in [9.17, 15) is 4.79 Å². The number of ether oxygens (including phenoxy) is 2. The van der Waals surface area contributed by atoms with E-state index in [1.54, 1.807) is 19.2 Å². The van der Waals surface area contributed by atoms with E-state index in [-0.39, 0.29) is 0 Å². The van der Waals surface area contributed by atoms with Gasteiger partial charge in [0.15, 0.2) is 0 Å². The third-order valence-electron chi connectivity index (χ3n) is 3.13. The van der Waals surface area contributed by atoms with Crippen LogP contribution in [0.2, 0.25) is 0 Å². The molecule has 0 atom stereocenters. The Balaban J connectivity index is 1.94. The molecular formula is C17H19NO3. The van der Waals surface area contributed by atoms with Crippen LogP contribution in [-0.2, 0) is 11.2 Å². The third-order valence-corrected chi connectivity index (χ3v) is 3.13. The van der Waals surface area contributed by atoms with E-state index < -0.39 is 5.91 Å². The van der Waals surface area contributed by atoms with E-state index in [4.69, 9.17) is 15.2 Å². The van der Waals surface area contributed by atoms with Crippen LogP contribution in [0.3, 0.4) is 0 Å². The first-order valence-electron chi connectivity index (χ1n) is 6.78. The first-order chi connectivity index (χ1) is 10.2. The molecule has 0 aliphatic heterocycles. The van der Waals surface area contributed by atoms with Crippen LogP contribution in [0.25, 0.3) is 0 Å². The van der Waals surface area contributed by atoms with Crippen molar-refractivity contribution in [1.29, 1.82) is 0 Å². The molecule has 2 aromatic rings. The Bertz CT molecular complexity index is 576. The molecule has 0 aromatic heterocycles. The average Bonchev–Trinajstić information content (AvgIpc) is 2.50.